The molecule has 1 aromatic heterocycles. The Balaban J connectivity index is 1.31. The maximum Gasteiger partial charge on any atom is 0.233 e. The number of aromatic nitrogens is 2. The van der Waals surface area contributed by atoms with Gasteiger partial charge in [0.1, 0.15) is 13.2 Å². The number of anilines is 2. The molecule has 0 bridgehead atoms. The van der Waals surface area contributed by atoms with Crippen molar-refractivity contribution in [2.75, 3.05) is 30.8 Å². The van der Waals surface area contributed by atoms with Crippen molar-refractivity contribution >= 4 is 39.8 Å². The Bertz CT molecular complexity index is 997. The molecule has 0 saturated carbocycles. The third-order valence-electron chi connectivity index (χ3n) is 4.47. The molecule has 2 aromatic carbocycles. The number of hydrogen-bond acceptors (Lipinski definition) is 8. The van der Waals surface area contributed by atoms with Crippen molar-refractivity contribution in [2.24, 2.45) is 0 Å². The van der Waals surface area contributed by atoms with Crippen molar-refractivity contribution in [1.29, 1.82) is 0 Å². The van der Waals surface area contributed by atoms with Crippen LogP contribution < -0.4 is 14.8 Å². The average molecular weight is 443 g/mol. The minimum absolute atomic E-state index is 0.0603. The topological polar surface area (TPSA) is 76.6 Å². The summed E-state index contributed by atoms with van der Waals surface area (Å²) in [6.45, 7) is 4.26. The highest BCUT2D eigenvalue weighted by atomic mass is 32.2. The number of hydrogen-bond donors (Lipinski definition) is 1. The van der Waals surface area contributed by atoms with Crippen molar-refractivity contribution in [3.63, 3.8) is 0 Å². The predicted molar refractivity (Wildman–Crippen MR) is 119 cm³/mol. The van der Waals surface area contributed by atoms with Gasteiger partial charge < -0.3 is 19.7 Å². The van der Waals surface area contributed by atoms with Gasteiger partial charge in [-0.3, -0.25) is 4.79 Å². The normalized spacial score (nSPS) is 12.4. The lowest BCUT2D eigenvalue weighted by Crippen LogP contribution is -2.31. The first kappa shape index (κ1) is 20.5. The van der Waals surface area contributed by atoms with Gasteiger partial charge in [0, 0.05) is 18.8 Å². The number of para-hydroxylation sites is 1. The first-order valence-electron chi connectivity index (χ1n) is 9.66. The van der Waals surface area contributed by atoms with Crippen LogP contribution >= 0.6 is 23.1 Å². The Morgan fingerprint density at radius 1 is 1.13 bits per heavy atom. The molecule has 0 fully saturated rings. The highest BCUT2D eigenvalue weighted by molar-refractivity contribution is 8.01. The summed E-state index contributed by atoms with van der Waals surface area (Å²) in [6.07, 6.45) is 0. The first-order chi connectivity index (χ1) is 14.7. The van der Waals surface area contributed by atoms with E-state index in [9.17, 15) is 4.79 Å². The summed E-state index contributed by atoms with van der Waals surface area (Å²) in [5.74, 6) is 1.87. The van der Waals surface area contributed by atoms with Gasteiger partial charge in [-0.1, -0.05) is 47.4 Å². The van der Waals surface area contributed by atoms with Crippen LogP contribution in [0.15, 0.2) is 52.9 Å². The van der Waals surface area contributed by atoms with Crippen LogP contribution in [0.3, 0.4) is 0 Å². The van der Waals surface area contributed by atoms with Crippen LogP contribution in [0.2, 0.25) is 0 Å². The number of carbonyl (C=O) groups excluding carboxylic acids is 1. The number of thioether (sulfide) groups is 1. The summed E-state index contributed by atoms with van der Waals surface area (Å²) in [5.41, 5.74) is 1.97. The van der Waals surface area contributed by atoms with Crippen molar-refractivity contribution in [3.8, 4) is 11.5 Å². The molecular weight excluding hydrogens is 420 g/mol. The van der Waals surface area contributed by atoms with Gasteiger partial charge in [0.05, 0.1) is 5.75 Å². The van der Waals surface area contributed by atoms with Gasteiger partial charge in [0.2, 0.25) is 11.0 Å². The van der Waals surface area contributed by atoms with E-state index in [0.717, 1.165) is 27.1 Å². The molecule has 1 N–H and O–H groups in total. The minimum atomic E-state index is 0.0603. The fraction of sp³-hybridized carbons (Fsp3) is 0.286. The van der Waals surface area contributed by atoms with Crippen molar-refractivity contribution in [2.45, 2.75) is 17.8 Å². The summed E-state index contributed by atoms with van der Waals surface area (Å²) >= 11 is 2.84. The molecule has 0 spiro atoms. The van der Waals surface area contributed by atoms with Gasteiger partial charge in [-0.05, 0) is 36.8 Å². The maximum atomic E-state index is 12.7. The van der Waals surface area contributed by atoms with E-state index in [1.165, 1.54) is 23.1 Å². The fourth-order valence-corrected chi connectivity index (χ4v) is 4.64. The average Bonchev–Trinajstić information content (AvgIpc) is 3.23. The predicted octanol–water partition coefficient (Wildman–Crippen LogP) is 4.19. The number of carbonyl (C=O) groups is 1. The molecule has 1 aliphatic heterocycles. The van der Waals surface area contributed by atoms with Gasteiger partial charge in [0.15, 0.2) is 15.8 Å². The summed E-state index contributed by atoms with van der Waals surface area (Å²) < 4.78 is 12.0. The molecule has 0 unspecified atom stereocenters. The van der Waals surface area contributed by atoms with Gasteiger partial charge in [-0.25, -0.2) is 0 Å². The van der Waals surface area contributed by atoms with Crippen LogP contribution in [0, 0.1) is 0 Å². The van der Waals surface area contributed by atoms with Crippen LogP contribution in [-0.2, 0) is 11.3 Å². The summed E-state index contributed by atoms with van der Waals surface area (Å²) in [4.78, 5) is 14.6. The van der Waals surface area contributed by atoms with Crippen molar-refractivity contribution in [1.82, 2.24) is 15.1 Å². The van der Waals surface area contributed by atoms with E-state index in [0.29, 0.717) is 37.2 Å². The highest BCUT2D eigenvalue weighted by Crippen LogP contribution is 2.31. The maximum absolute atomic E-state index is 12.7. The number of nitrogens with one attached hydrogen (secondary N) is 1. The quantitative estimate of drug-likeness (QED) is 0.524. The Morgan fingerprint density at radius 3 is 2.73 bits per heavy atom. The van der Waals surface area contributed by atoms with Crippen LogP contribution in [-0.4, -0.2) is 46.5 Å². The van der Waals surface area contributed by atoms with E-state index >= 15 is 0 Å². The van der Waals surface area contributed by atoms with Gasteiger partial charge >= 0.3 is 0 Å². The van der Waals surface area contributed by atoms with E-state index in [-0.39, 0.29) is 5.91 Å². The van der Waals surface area contributed by atoms with E-state index < -0.39 is 0 Å². The van der Waals surface area contributed by atoms with Gasteiger partial charge in [-0.15, -0.1) is 10.2 Å². The van der Waals surface area contributed by atoms with Crippen LogP contribution in [0.4, 0.5) is 10.8 Å². The van der Waals surface area contributed by atoms with Gasteiger partial charge in [-0.2, -0.15) is 0 Å². The zero-order chi connectivity index (χ0) is 20.8. The molecule has 30 heavy (non-hydrogen) atoms. The highest BCUT2D eigenvalue weighted by Gasteiger charge is 2.17. The Hall–Kier alpha value is -2.78. The lowest BCUT2D eigenvalue weighted by molar-refractivity contribution is -0.128. The molecule has 0 atom stereocenters. The van der Waals surface area contributed by atoms with Crippen molar-refractivity contribution in [3.05, 3.63) is 54.1 Å². The lowest BCUT2D eigenvalue weighted by atomic mass is 10.2. The number of rotatable bonds is 8. The number of amides is 1. The molecule has 0 saturated heterocycles. The zero-order valence-electron chi connectivity index (χ0n) is 16.5. The molecule has 0 radical (unpaired) electrons. The van der Waals surface area contributed by atoms with Crippen LogP contribution in [0.5, 0.6) is 11.5 Å². The van der Waals surface area contributed by atoms with Crippen LogP contribution in [0.25, 0.3) is 0 Å². The molecule has 1 amide bonds. The molecule has 4 rings (SSSR count). The molecule has 9 heteroatoms. The first-order valence-corrected chi connectivity index (χ1v) is 11.5. The Morgan fingerprint density at radius 2 is 1.93 bits per heavy atom. The standard InChI is InChI=1S/C21H22N4O3S2/c1-2-25(13-15-8-9-17-18(12-15)28-11-10-27-17)19(26)14-29-21-24-23-20(30-21)22-16-6-4-3-5-7-16/h3-9,12H,2,10-11,13-14H2,1H3,(H,22,23). The summed E-state index contributed by atoms with van der Waals surface area (Å²) in [7, 11) is 0. The number of fused-ring (bicyclic) bond motifs is 1. The van der Waals surface area contributed by atoms with Crippen LogP contribution in [0.1, 0.15) is 12.5 Å². The van der Waals surface area contributed by atoms with E-state index in [4.69, 9.17) is 9.47 Å². The summed E-state index contributed by atoms with van der Waals surface area (Å²) in [6, 6.07) is 15.6. The number of nitrogens with zero attached hydrogens (tertiary/aromatic N) is 3. The van der Waals surface area contributed by atoms with E-state index in [1.54, 1.807) is 0 Å². The molecule has 2 heterocycles. The van der Waals surface area contributed by atoms with Gasteiger partial charge in [0.25, 0.3) is 0 Å². The third-order valence-corrected chi connectivity index (χ3v) is 6.42. The fourth-order valence-electron chi connectivity index (χ4n) is 2.96. The Kier molecular flexibility index (Phi) is 6.70. The zero-order valence-corrected chi connectivity index (χ0v) is 18.2. The second-order valence-electron chi connectivity index (χ2n) is 6.54. The second-order valence-corrected chi connectivity index (χ2v) is 8.74. The molecule has 7 nitrogen and oxygen atoms in total. The SMILES string of the molecule is CCN(Cc1ccc2c(c1)OCCO2)C(=O)CSc1nnc(Nc2ccccc2)s1. The Labute approximate surface area is 183 Å². The molecular formula is C21H22N4O3S2. The second kappa shape index (κ2) is 9.82. The van der Waals surface area contributed by atoms with Crippen molar-refractivity contribution < 1.29 is 14.3 Å². The third kappa shape index (κ3) is 5.22. The molecule has 3 aromatic rings. The molecule has 156 valence electrons. The number of benzene rings is 2. The lowest BCUT2D eigenvalue weighted by Gasteiger charge is -2.23. The summed E-state index contributed by atoms with van der Waals surface area (Å²) in [5, 5.41) is 12.2. The molecule has 0 aliphatic carbocycles. The van der Waals surface area contributed by atoms with E-state index in [1.807, 2.05) is 60.4 Å². The largest absolute Gasteiger partial charge is 0.486 e. The van der Waals surface area contributed by atoms with E-state index in [2.05, 4.69) is 15.5 Å². The monoisotopic (exact) mass is 442 g/mol. The minimum Gasteiger partial charge on any atom is -0.486 e. The smallest absolute Gasteiger partial charge is 0.233 e. The number of ether oxygens (including phenoxy) is 2. The molecule has 1 aliphatic rings.